The topological polar surface area (TPSA) is 72.8 Å². The van der Waals surface area contributed by atoms with Crippen LogP contribution in [0.25, 0.3) is 0 Å². The third kappa shape index (κ3) is 23.8. The second kappa shape index (κ2) is 29.1. The number of ether oxygens (including phenoxy) is 2. The van der Waals surface area contributed by atoms with Crippen molar-refractivity contribution in [1.29, 1.82) is 0 Å². The van der Waals surface area contributed by atoms with Crippen molar-refractivity contribution in [2.45, 2.75) is 156 Å². The monoisotopic (exact) mass is 634 g/mol. The Kier molecular flexibility index (Phi) is 30.1. The van der Waals surface area contributed by atoms with Crippen LogP contribution in [0.15, 0.2) is 12.2 Å². The lowest BCUT2D eigenvalue weighted by Gasteiger charge is -2.30. The zero-order valence-electron chi connectivity index (χ0n) is 28.2. The molecule has 1 N–H and O–H groups in total. The van der Waals surface area contributed by atoms with Gasteiger partial charge < -0.3 is 27.0 Å². The fourth-order valence-electron chi connectivity index (χ4n) is 5.61. The van der Waals surface area contributed by atoms with Crippen molar-refractivity contribution < 1.29 is 36.6 Å². The lowest BCUT2D eigenvalue weighted by molar-refractivity contribution is -0.153. The van der Waals surface area contributed by atoms with Crippen molar-refractivity contribution in [3.8, 4) is 0 Å². The Balaban J connectivity index is 0. The molecule has 0 aromatic carbocycles. The Morgan fingerprint density at radius 2 is 1.02 bits per heavy atom. The first-order valence-corrected chi connectivity index (χ1v) is 19.8. The van der Waals surface area contributed by atoms with E-state index < -0.39 is 19.3 Å². The van der Waals surface area contributed by atoms with Gasteiger partial charge in [0.1, 0.15) is 19.3 Å². The maximum absolute atomic E-state index is 13.1. The second-order valence-electron chi connectivity index (χ2n) is 12.6. The molecule has 0 aliphatic carbocycles. The van der Waals surface area contributed by atoms with Crippen LogP contribution < -0.4 is 12.4 Å². The number of esters is 2. The van der Waals surface area contributed by atoms with E-state index in [-0.39, 0.29) is 43.1 Å². The van der Waals surface area contributed by atoms with Crippen molar-refractivity contribution >= 4 is 19.2 Å². The summed E-state index contributed by atoms with van der Waals surface area (Å²) in [4.78, 5) is 24.7. The molecule has 2 unspecified atom stereocenters. The Labute approximate surface area is 267 Å². The van der Waals surface area contributed by atoms with E-state index in [1.54, 1.807) is 6.92 Å². The standard InChI is InChI=1S/C35H68O5P.ClH/c1-7-10-13-16-19-22-25-41(26-23-20-17-14-11-8-2,27-24-21-18-15-12-9-3)30-32(6)35(38)40-29-33(36)28-39-34(37)31(4)5;/h32-33,36H,4,7-30H2,1-3,5-6H3;1H/q+1;/p-1. The highest BCUT2D eigenvalue weighted by atomic mass is 35.5. The molecule has 42 heavy (non-hydrogen) atoms. The molecule has 0 saturated heterocycles. The summed E-state index contributed by atoms with van der Waals surface area (Å²) in [6, 6.07) is 0. The first-order chi connectivity index (χ1) is 19.7. The first kappa shape index (κ1) is 43.5. The first-order valence-electron chi connectivity index (χ1n) is 17.2. The SMILES string of the molecule is C=C(C)C(=O)OCC(O)COC(=O)C(C)C[P+](CCCCCCCC)(CCCCCCCC)CCCCCCCC.[Cl-]. The Morgan fingerprint density at radius 3 is 1.40 bits per heavy atom. The van der Waals surface area contributed by atoms with Gasteiger partial charge in [0.2, 0.25) is 0 Å². The van der Waals surface area contributed by atoms with Crippen LogP contribution in [0.5, 0.6) is 0 Å². The molecular weight excluding hydrogens is 567 g/mol. The van der Waals surface area contributed by atoms with Crippen LogP contribution in [0.2, 0.25) is 0 Å². The molecule has 2 atom stereocenters. The molecule has 0 radical (unpaired) electrons. The van der Waals surface area contributed by atoms with Crippen LogP contribution >= 0.6 is 7.26 Å². The molecule has 0 aromatic heterocycles. The summed E-state index contributed by atoms with van der Waals surface area (Å²) in [5.41, 5.74) is 0.282. The van der Waals surface area contributed by atoms with Gasteiger partial charge in [0.25, 0.3) is 0 Å². The molecule has 7 heteroatoms. The van der Waals surface area contributed by atoms with E-state index in [1.807, 2.05) is 6.92 Å². The molecule has 0 aliphatic heterocycles. The fraction of sp³-hybridized carbons (Fsp3) is 0.886. The molecule has 0 aromatic rings. The number of rotatable bonds is 29. The van der Waals surface area contributed by atoms with Gasteiger partial charge in [0.05, 0.1) is 30.6 Å². The highest BCUT2D eigenvalue weighted by Crippen LogP contribution is 2.62. The van der Waals surface area contributed by atoms with Crippen LogP contribution in [0.4, 0.5) is 0 Å². The maximum atomic E-state index is 13.1. The molecule has 0 rings (SSSR count). The van der Waals surface area contributed by atoms with Crippen LogP contribution in [0.1, 0.15) is 150 Å². The van der Waals surface area contributed by atoms with Gasteiger partial charge in [-0.3, -0.25) is 4.79 Å². The fourth-order valence-corrected chi connectivity index (χ4v) is 10.8. The number of halogens is 1. The third-order valence-corrected chi connectivity index (χ3v) is 13.3. The van der Waals surface area contributed by atoms with E-state index in [9.17, 15) is 14.7 Å². The van der Waals surface area contributed by atoms with E-state index >= 15 is 0 Å². The molecule has 0 fully saturated rings. The van der Waals surface area contributed by atoms with E-state index in [0.29, 0.717) is 0 Å². The average molecular weight is 635 g/mol. The van der Waals surface area contributed by atoms with Crippen molar-refractivity contribution in [1.82, 2.24) is 0 Å². The van der Waals surface area contributed by atoms with Crippen molar-refractivity contribution in [3.63, 3.8) is 0 Å². The van der Waals surface area contributed by atoms with Gasteiger partial charge in [-0.05, 0) is 52.4 Å². The van der Waals surface area contributed by atoms with Gasteiger partial charge in [-0.1, -0.05) is 104 Å². The van der Waals surface area contributed by atoms with E-state index in [2.05, 4.69) is 27.4 Å². The van der Waals surface area contributed by atoms with Crippen LogP contribution in [0.3, 0.4) is 0 Å². The quantitative estimate of drug-likeness (QED) is 0.0427. The lowest BCUT2D eigenvalue weighted by atomic mass is 10.1. The van der Waals surface area contributed by atoms with Crippen LogP contribution in [0, 0.1) is 5.92 Å². The van der Waals surface area contributed by atoms with Crippen LogP contribution in [-0.2, 0) is 19.1 Å². The minimum absolute atomic E-state index is 0. The summed E-state index contributed by atoms with van der Waals surface area (Å²) in [7, 11) is -1.30. The number of hydrogen-bond donors (Lipinski definition) is 1. The van der Waals surface area contributed by atoms with E-state index in [4.69, 9.17) is 9.47 Å². The van der Waals surface area contributed by atoms with Gasteiger partial charge >= 0.3 is 11.9 Å². The molecule has 0 bridgehead atoms. The summed E-state index contributed by atoms with van der Waals surface area (Å²) in [6.45, 7) is 13.6. The molecular formula is C35H68ClO5P. The van der Waals surface area contributed by atoms with Gasteiger partial charge in [-0.25, -0.2) is 4.79 Å². The minimum atomic E-state index is -1.30. The largest absolute Gasteiger partial charge is 1.00 e. The summed E-state index contributed by atoms with van der Waals surface area (Å²) in [5, 5.41) is 10.2. The van der Waals surface area contributed by atoms with Gasteiger partial charge in [-0.2, -0.15) is 0 Å². The Morgan fingerprint density at radius 1 is 0.667 bits per heavy atom. The summed E-state index contributed by atoms with van der Waals surface area (Å²) < 4.78 is 10.5. The Hall–Kier alpha value is -0.640. The minimum Gasteiger partial charge on any atom is -1.00 e. The number of aliphatic hydroxyl groups is 1. The molecule has 250 valence electrons. The molecule has 0 spiro atoms. The summed E-state index contributed by atoms with van der Waals surface area (Å²) >= 11 is 0. The maximum Gasteiger partial charge on any atom is 0.333 e. The highest BCUT2D eigenvalue weighted by Gasteiger charge is 2.39. The number of unbranched alkanes of at least 4 members (excludes halogenated alkanes) is 15. The smallest absolute Gasteiger partial charge is 0.333 e. The van der Waals surface area contributed by atoms with Gasteiger partial charge in [0, 0.05) is 12.8 Å². The summed E-state index contributed by atoms with van der Waals surface area (Å²) in [6.07, 6.45) is 27.5. The zero-order chi connectivity index (χ0) is 30.8. The number of carbonyl (C=O) groups is 2. The predicted molar refractivity (Wildman–Crippen MR) is 178 cm³/mol. The molecule has 0 aliphatic rings. The number of aliphatic hydroxyl groups excluding tert-OH is 1. The molecule has 0 heterocycles. The van der Waals surface area contributed by atoms with Crippen molar-refractivity contribution in [2.24, 2.45) is 5.92 Å². The molecule has 5 nitrogen and oxygen atoms in total. The molecule has 0 amide bonds. The molecule has 0 saturated carbocycles. The second-order valence-corrected chi connectivity index (χ2v) is 17.0. The lowest BCUT2D eigenvalue weighted by Crippen LogP contribution is -3.00. The van der Waals surface area contributed by atoms with Gasteiger partial charge in [0.15, 0.2) is 0 Å². The third-order valence-electron chi connectivity index (χ3n) is 8.19. The van der Waals surface area contributed by atoms with Gasteiger partial charge in [-0.15, -0.1) is 0 Å². The van der Waals surface area contributed by atoms with E-state index in [0.717, 1.165) is 6.16 Å². The predicted octanol–water partition coefficient (Wildman–Crippen LogP) is 6.75. The number of carbonyl (C=O) groups excluding carboxylic acids is 2. The van der Waals surface area contributed by atoms with Crippen molar-refractivity contribution in [3.05, 3.63) is 12.2 Å². The highest BCUT2D eigenvalue weighted by molar-refractivity contribution is 7.75. The Bertz CT molecular complexity index is 631. The van der Waals surface area contributed by atoms with E-state index in [1.165, 1.54) is 134 Å². The average Bonchev–Trinajstić information content (AvgIpc) is 2.95. The zero-order valence-corrected chi connectivity index (χ0v) is 29.9. The van der Waals surface area contributed by atoms with Crippen molar-refractivity contribution in [2.75, 3.05) is 37.9 Å². The van der Waals surface area contributed by atoms with Crippen LogP contribution in [-0.4, -0.2) is 61.0 Å². The number of hydrogen-bond acceptors (Lipinski definition) is 5. The summed E-state index contributed by atoms with van der Waals surface area (Å²) in [5.74, 6) is -0.945. The normalized spacial score (nSPS) is 12.8.